The van der Waals surface area contributed by atoms with Gasteiger partial charge in [0, 0.05) is 24.3 Å². The predicted octanol–water partition coefficient (Wildman–Crippen LogP) is 1.25. The minimum Gasteiger partial charge on any atom is -0.378 e. The number of nitrogens with two attached hydrogens (primary N) is 1. The molecule has 0 saturated carbocycles. The van der Waals surface area contributed by atoms with Crippen LogP contribution in [-0.4, -0.2) is 15.3 Å². The number of nitrogens with one attached hydrogen (secondary N) is 1. The second-order valence-electron chi connectivity index (χ2n) is 3.16. The Hall–Kier alpha value is -1.95. The lowest BCUT2D eigenvalue weighted by Gasteiger charge is -2.04. The van der Waals surface area contributed by atoms with E-state index in [2.05, 4.69) is 14.7 Å². The summed E-state index contributed by atoms with van der Waals surface area (Å²) in [6, 6.07) is 3.81. The van der Waals surface area contributed by atoms with Crippen LogP contribution < -0.4 is 11.1 Å². The SMILES string of the molecule is NC(=O)c1nscc1NCc1cccnc1. The van der Waals surface area contributed by atoms with E-state index in [4.69, 9.17) is 5.73 Å². The van der Waals surface area contributed by atoms with Crippen molar-refractivity contribution < 1.29 is 4.79 Å². The van der Waals surface area contributed by atoms with Gasteiger partial charge in [0.05, 0.1) is 5.69 Å². The van der Waals surface area contributed by atoms with E-state index in [1.807, 2.05) is 12.1 Å². The maximum Gasteiger partial charge on any atom is 0.270 e. The van der Waals surface area contributed by atoms with Crippen molar-refractivity contribution in [1.29, 1.82) is 0 Å². The standard InChI is InChI=1S/C10H10N4OS/c11-10(15)9-8(6-16-14-9)13-5-7-2-1-3-12-4-7/h1-4,6,13H,5H2,(H2,11,15). The molecule has 0 fully saturated rings. The summed E-state index contributed by atoms with van der Waals surface area (Å²) in [5.41, 5.74) is 7.17. The first-order valence-corrected chi connectivity index (χ1v) is 5.48. The van der Waals surface area contributed by atoms with Gasteiger partial charge in [-0.15, -0.1) is 0 Å². The summed E-state index contributed by atoms with van der Waals surface area (Å²) in [5, 5.41) is 4.86. The van der Waals surface area contributed by atoms with Crippen LogP contribution in [0, 0.1) is 0 Å². The minimum absolute atomic E-state index is 0.286. The van der Waals surface area contributed by atoms with E-state index in [9.17, 15) is 4.79 Å². The molecule has 82 valence electrons. The van der Waals surface area contributed by atoms with Crippen molar-refractivity contribution in [3.05, 3.63) is 41.2 Å². The maximum absolute atomic E-state index is 11.0. The summed E-state index contributed by atoms with van der Waals surface area (Å²) >= 11 is 1.20. The fourth-order valence-corrected chi connectivity index (χ4v) is 1.89. The zero-order valence-corrected chi connectivity index (χ0v) is 9.20. The van der Waals surface area contributed by atoms with Gasteiger partial charge >= 0.3 is 0 Å². The summed E-state index contributed by atoms with van der Waals surface area (Å²) in [6.07, 6.45) is 3.47. The van der Waals surface area contributed by atoms with Crippen LogP contribution in [0.25, 0.3) is 0 Å². The first-order chi connectivity index (χ1) is 7.77. The zero-order valence-electron chi connectivity index (χ0n) is 8.38. The highest BCUT2D eigenvalue weighted by Gasteiger charge is 2.10. The molecule has 0 radical (unpaired) electrons. The second kappa shape index (κ2) is 4.71. The van der Waals surface area contributed by atoms with E-state index in [-0.39, 0.29) is 5.69 Å². The van der Waals surface area contributed by atoms with E-state index in [1.165, 1.54) is 11.5 Å². The lowest BCUT2D eigenvalue weighted by Crippen LogP contribution is -2.14. The van der Waals surface area contributed by atoms with Crippen LogP contribution in [0.2, 0.25) is 0 Å². The van der Waals surface area contributed by atoms with Gasteiger partial charge in [-0.2, -0.15) is 4.37 Å². The third-order valence-electron chi connectivity index (χ3n) is 2.01. The molecule has 0 aromatic carbocycles. The van der Waals surface area contributed by atoms with E-state index in [0.29, 0.717) is 12.2 Å². The Morgan fingerprint density at radius 3 is 3.12 bits per heavy atom. The van der Waals surface area contributed by atoms with Crippen LogP contribution >= 0.6 is 11.5 Å². The normalized spacial score (nSPS) is 10.0. The quantitative estimate of drug-likeness (QED) is 0.834. The molecule has 2 aromatic rings. The van der Waals surface area contributed by atoms with Crippen molar-refractivity contribution >= 4 is 23.1 Å². The van der Waals surface area contributed by atoms with Crippen molar-refractivity contribution in [2.24, 2.45) is 5.73 Å². The predicted molar refractivity (Wildman–Crippen MR) is 62.2 cm³/mol. The van der Waals surface area contributed by atoms with Crippen LogP contribution in [-0.2, 0) is 6.54 Å². The molecule has 2 aromatic heterocycles. The van der Waals surface area contributed by atoms with Crippen LogP contribution in [0.1, 0.15) is 16.1 Å². The molecule has 5 nitrogen and oxygen atoms in total. The van der Waals surface area contributed by atoms with Crippen molar-refractivity contribution in [3.63, 3.8) is 0 Å². The molecule has 0 saturated heterocycles. The van der Waals surface area contributed by atoms with Crippen LogP contribution in [0.3, 0.4) is 0 Å². The highest BCUT2D eigenvalue weighted by molar-refractivity contribution is 7.04. The van der Waals surface area contributed by atoms with Crippen molar-refractivity contribution in [1.82, 2.24) is 9.36 Å². The number of rotatable bonds is 4. The van der Waals surface area contributed by atoms with Crippen molar-refractivity contribution in [3.8, 4) is 0 Å². The second-order valence-corrected chi connectivity index (χ2v) is 3.79. The summed E-state index contributed by atoms with van der Waals surface area (Å²) in [6.45, 7) is 0.590. The number of nitrogens with zero attached hydrogens (tertiary/aromatic N) is 2. The number of primary amides is 1. The Kier molecular flexibility index (Phi) is 3.11. The van der Waals surface area contributed by atoms with Crippen LogP contribution in [0.4, 0.5) is 5.69 Å². The Labute approximate surface area is 96.5 Å². The molecule has 0 aliphatic rings. The third kappa shape index (κ3) is 2.34. The number of anilines is 1. The van der Waals surface area contributed by atoms with Gasteiger partial charge in [-0.05, 0) is 23.2 Å². The van der Waals surface area contributed by atoms with Crippen molar-refractivity contribution in [2.45, 2.75) is 6.54 Å². The molecule has 0 aliphatic carbocycles. The average Bonchev–Trinajstić information content (AvgIpc) is 2.76. The lowest BCUT2D eigenvalue weighted by molar-refractivity contribution is 0.0997. The number of carbonyl (C=O) groups is 1. The van der Waals surface area contributed by atoms with Gasteiger partial charge in [0.15, 0.2) is 5.69 Å². The third-order valence-corrected chi connectivity index (χ3v) is 2.64. The summed E-state index contributed by atoms with van der Waals surface area (Å²) in [7, 11) is 0. The molecule has 3 N–H and O–H groups in total. The highest BCUT2D eigenvalue weighted by Crippen LogP contribution is 2.17. The molecular weight excluding hydrogens is 224 g/mol. The van der Waals surface area contributed by atoms with Gasteiger partial charge in [-0.1, -0.05) is 6.07 Å². The molecule has 2 rings (SSSR count). The summed E-state index contributed by atoms with van der Waals surface area (Å²) in [5.74, 6) is -0.519. The molecule has 0 spiro atoms. The molecule has 0 atom stereocenters. The Morgan fingerprint density at radius 2 is 2.44 bits per heavy atom. The fraction of sp³-hybridized carbons (Fsp3) is 0.100. The number of hydrogen-bond acceptors (Lipinski definition) is 5. The molecule has 6 heteroatoms. The van der Waals surface area contributed by atoms with E-state index >= 15 is 0 Å². The van der Waals surface area contributed by atoms with E-state index in [0.717, 1.165) is 5.56 Å². The molecule has 0 bridgehead atoms. The van der Waals surface area contributed by atoms with Crippen LogP contribution in [0.5, 0.6) is 0 Å². The molecule has 1 amide bonds. The van der Waals surface area contributed by atoms with Gasteiger partial charge in [-0.25, -0.2) is 0 Å². The largest absolute Gasteiger partial charge is 0.378 e. The van der Waals surface area contributed by atoms with Gasteiger partial charge in [0.2, 0.25) is 0 Å². The monoisotopic (exact) mass is 234 g/mol. The Morgan fingerprint density at radius 1 is 1.56 bits per heavy atom. The van der Waals surface area contributed by atoms with E-state index in [1.54, 1.807) is 17.8 Å². The van der Waals surface area contributed by atoms with Gasteiger partial charge in [0.1, 0.15) is 0 Å². The molecule has 16 heavy (non-hydrogen) atoms. The van der Waals surface area contributed by atoms with Gasteiger partial charge in [-0.3, -0.25) is 9.78 Å². The maximum atomic E-state index is 11.0. The zero-order chi connectivity index (χ0) is 11.4. The summed E-state index contributed by atoms with van der Waals surface area (Å²) < 4.78 is 3.92. The Balaban J connectivity index is 2.05. The first kappa shape index (κ1) is 10.6. The highest BCUT2D eigenvalue weighted by atomic mass is 32.1. The Bertz CT molecular complexity index is 483. The summed E-state index contributed by atoms with van der Waals surface area (Å²) in [4.78, 5) is 15.0. The van der Waals surface area contributed by atoms with Crippen LogP contribution in [0.15, 0.2) is 29.9 Å². The topological polar surface area (TPSA) is 80.9 Å². The number of aromatic nitrogens is 2. The van der Waals surface area contributed by atoms with E-state index < -0.39 is 5.91 Å². The van der Waals surface area contributed by atoms with Crippen molar-refractivity contribution in [2.75, 3.05) is 5.32 Å². The lowest BCUT2D eigenvalue weighted by atomic mass is 10.2. The number of pyridine rings is 1. The number of hydrogen-bond donors (Lipinski definition) is 2. The minimum atomic E-state index is -0.519. The molecule has 0 unspecified atom stereocenters. The first-order valence-electron chi connectivity index (χ1n) is 4.64. The average molecular weight is 234 g/mol. The number of amides is 1. The van der Waals surface area contributed by atoms with Gasteiger partial charge in [0.25, 0.3) is 5.91 Å². The molecule has 0 aliphatic heterocycles. The molecular formula is C10H10N4OS. The molecule has 2 heterocycles. The van der Waals surface area contributed by atoms with Gasteiger partial charge < -0.3 is 11.1 Å². The number of carbonyl (C=O) groups excluding carboxylic acids is 1. The fourth-order valence-electron chi connectivity index (χ4n) is 1.24. The smallest absolute Gasteiger partial charge is 0.270 e.